The standard InChI is InChI=1S/C19H17NO/c1-2-3-14-17-18(15-10-6-4-7-11-15)20(19(17)21)16-12-8-5-9-13-16/h2-14,17-18H,1H2/b14-3+/t17-,18-/m0/s1. The van der Waals surface area contributed by atoms with Crippen LogP contribution in [0.3, 0.4) is 0 Å². The molecule has 1 aliphatic heterocycles. The van der Waals surface area contributed by atoms with E-state index in [0.717, 1.165) is 11.3 Å². The van der Waals surface area contributed by atoms with Gasteiger partial charge in [-0.25, -0.2) is 0 Å². The zero-order chi connectivity index (χ0) is 14.7. The number of allylic oxidation sites excluding steroid dienone is 2. The Morgan fingerprint density at radius 2 is 1.57 bits per heavy atom. The Balaban J connectivity index is 1.98. The molecule has 1 aliphatic rings. The van der Waals surface area contributed by atoms with Crippen LogP contribution in [0.25, 0.3) is 0 Å². The quantitative estimate of drug-likeness (QED) is 0.607. The first-order valence-corrected chi connectivity index (χ1v) is 7.05. The van der Waals surface area contributed by atoms with Gasteiger partial charge < -0.3 is 4.90 Å². The maximum atomic E-state index is 12.5. The van der Waals surface area contributed by atoms with Gasteiger partial charge in [0.2, 0.25) is 5.91 Å². The first-order valence-electron chi connectivity index (χ1n) is 7.05. The van der Waals surface area contributed by atoms with Crippen molar-refractivity contribution in [2.45, 2.75) is 6.04 Å². The predicted molar refractivity (Wildman–Crippen MR) is 85.9 cm³/mol. The number of β-lactam (4-membered cyclic amide) rings is 1. The number of para-hydroxylation sites is 1. The Hall–Kier alpha value is -2.61. The van der Waals surface area contributed by atoms with Gasteiger partial charge in [0.15, 0.2) is 0 Å². The van der Waals surface area contributed by atoms with E-state index in [4.69, 9.17) is 0 Å². The molecule has 0 spiro atoms. The second-order valence-corrected chi connectivity index (χ2v) is 5.05. The fourth-order valence-corrected chi connectivity index (χ4v) is 2.78. The highest BCUT2D eigenvalue weighted by Gasteiger charge is 2.47. The molecular formula is C19H17NO. The first kappa shape index (κ1) is 13.4. The van der Waals surface area contributed by atoms with Crippen molar-refractivity contribution in [3.63, 3.8) is 0 Å². The summed E-state index contributed by atoms with van der Waals surface area (Å²) >= 11 is 0. The van der Waals surface area contributed by atoms with Gasteiger partial charge in [0.1, 0.15) is 0 Å². The van der Waals surface area contributed by atoms with E-state index in [1.807, 2.05) is 65.6 Å². The van der Waals surface area contributed by atoms with E-state index in [0.29, 0.717) is 0 Å². The number of anilines is 1. The zero-order valence-electron chi connectivity index (χ0n) is 11.7. The smallest absolute Gasteiger partial charge is 0.236 e. The van der Waals surface area contributed by atoms with Crippen LogP contribution in [-0.2, 0) is 4.79 Å². The van der Waals surface area contributed by atoms with Crippen LogP contribution >= 0.6 is 0 Å². The molecule has 1 fully saturated rings. The maximum absolute atomic E-state index is 12.5. The molecule has 104 valence electrons. The van der Waals surface area contributed by atoms with E-state index >= 15 is 0 Å². The normalized spacial score (nSPS) is 21.3. The van der Waals surface area contributed by atoms with E-state index in [1.165, 1.54) is 0 Å². The Morgan fingerprint density at radius 3 is 2.19 bits per heavy atom. The molecule has 0 bridgehead atoms. The number of benzene rings is 2. The molecule has 1 saturated heterocycles. The lowest BCUT2D eigenvalue weighted by atomic mass is 9.81. The van der Waals surface area contributed by atoms with Crippen molar-refractivity contribution in [3.8, 4) is 0 Å². The molecule has 1 heterocycles. The van der Waals surface area contributed by atoms with Crippen LogP contribution < -0.4 is 4.90 Å². The van der Waals surface area contributed by atoms with E-state index < -0.39 is 0 Å². The largest absolute Gasteiger partial charge is 0.303 e. The van der Waals surface area contributed by atoms with Gasteiger partial charge in [-0.3, -0.25) is 4.79 Å². The van der Waals surface area contributed by atoms with Gasteiger partial charge >= 0.3 is 0 Å². The van der Waals surface area contributed by atoms with Crippen molar-refractivity contribution in [3.05, 3.63) is 91.0 Å². The van der Waals surface area contributed by atoms with Crippen molar-refractivity contribution in [1.82, 2.24) is 0 Å². The lowest BCUT2D eigenvalue weighted by Crippen LogP contribution is -2.54. The molecule has 2 heteroatoms. The van der Waals surface area contributed by atoms with Gasteiger partial charge in [-0.1, -0.05) is 73.3 Å². The average Bonchev–Trinajstić information content (AvgIpc) is 2.54. The van der Waals surface area contributed by atoms with E-state index in [-0.39, 0.29) is 17.9 Å². The van der Waals surface area contributed by atoms with Crippen molar-refractivity contribution < 1.29 is 4.79 Å². The van der Waals surface area contributed by atoms with Gasteiger partial charge in [0, 0.05) is 5.69 Å². The second kappa shape index (κ2) is 5.80. The molecule has 1 amide bonds. The third kappa shape index (κ3) is 2.40. The summed E-state index contributed by atoms with van der Waals surface area (Å²) in [6, 6.07) is 20.0. The molecule has 0 aliphatic carbocycles. The fraction of sp³-hybridized carbons (Fsp3) is 0.105. The highest BCUT2D eigenvalue weighted by molar-refractivity contribution is 6.04. The van der Waals surface area contributed by atoms with Crippen molar-refractivity contribution in [2.24, 2.45) is 5.92 Å². The van der Waals surface area contributed by atoms with Gasteiger partial charge in [-0.2, -0.15) is 0 Å². The van der Waals surface area contributed by atoms with Gasteiger partial charge in [0.25, 0.3) is 0 Å². The summed E-state index contributed by atoms with van der Waals surface area (Å²) in [6.45, 7) is 3.68. The molecule has 0 aromatic heterocycles. The molecule has 0 saturated carbocycles. The summed E-state index contributed by atoms with van der Waals surface area (Å²) in [4.78, 5) is 14.4. The van der Waals surface area contributed by atoms with E-state index in [1.54, 1.807) is 6.08 Å². The molecule has 0 N–H and O–H groups in total. The van der Waals surface area contributed by atoms with Crippen LogP contribution in [0.5, 0.6) is 0 Å². The van der Waals surface area contributed by atoms with Gasteiger partial charge in [0.05, 0.1) is 12.0 Å². The molecule has 0 unspecified atom stereocenters. The number of hydrogen-bond acceptors (Lipinski definition) is 1. The third-order valence-corrected chi connectivity index (χ3v) is 3.77. The van der Waals surface area contributed by atoms with E-state index in [9.17, 15) is 4.79 Å². The van der Waals surface area contributed by atoms with Gasteiger partial charge in [-0.05, 0) is 17.7 Å². The SMILES string of the molecule is C=C/C=C/[C@@H]1C(=O)N(c2ccccc2)[C@H]1c1ccccc1. The predicted octanol–water partition coefficient (Wildman–Crippen LogP) is 4.13. The Kier molecular flexibility index (Phi) is 3.69. The number of carbonyl (C=O) groups excluding carboxylic acids is 1. The summed E-state index contributed by atoms with van der Waals surface area (Å²) in [6.07, 6.45) is 5.49. The van der Waals surface area contributed by atoms with Crippen LogP contribution in [0.1, 0.15) is 11.6 Å². The minimum atomic E-state index is -0.120. The summed E-state index contributed by atoms with van der Waals surface area (Å²) in [7, 11) is 0. The molecule has 2 aromatic carbocycles. The lowest BCUT2D eigenvalue weighted by molar-refractivity contribution is -0.128. The van der Waals surface area contributed by atoms with Crippen molar-refractivity contribution >= 4 is 11.6 Å². The zero-order valence-corrected chi connectivity index (χ0v) is 11.7. The molecule has 2 aromatic rings. The summed E-state index contributed by atoms with van der Waals surface area (Å²) in [5.74, 6) is 0.0127. The Labute approximate surface area is 125 Å². The lowest BCUT2D eigenvalue weighted by Gasteiger charge is -2.46. The minimum Gasteiger partial charge on any atom is -0.303 e. The number of amides is 1. The monoisotopic (exact) mass is 275 g/mol. The van der Waals surface area contributed by atoms with Crippen LogP contribution in [0.4, 0.5) is 5.69 Å². The minimum absolute atomic E-state index is 0.0531. The molecule has 2 atom stereocenters. The summed E-state index contributed by atoms with van der Waals surface area (Å²) < 4.78 is 0. The molecular weight excluding hydrogens is 258 g/mol. The van der Waals surface area contributed by atoms with Crippen LogP contribution in [-0.4, -0.2) is 5.91 Å². The second-order valence-electron chi connectivity index (χ2n) is 5.05. The third-order valence-electron chi connectivity index (χ3n) is 3.77. The maximum Gasteiger partial charge on any atom is 0.236 e. The van der Waals surface area contributed by atoms with Crippen molar-refractivity contribution in [1.29, 1.82) is 0 Å². The summed E-state index contributed by atoms with van der Waals surface area (Å²) in [5.41, 5.74) is 2.10. The van der Waals surface area contributed by atoms with Crippen LogP contribution in [0, 0.1) is 5.92 Å². The Morgan fingerprint density at radius 1 is 0.952 bits per heavy atom. The van der Waals surface area contributed by atoms with Crippen LogP contribution in [0.15, 0.2) is 85.5 Å². The van der Waals surface area contributed by atoms with Crippen LogP contribution in [0.2, 0.25) is 0 Å². The first-order chi connectivity index (χ1) is 10.3. The molecule has 21 heavy (non-hydrogen) atoms. The molecule has 2 nitrogen and oxygen atoms in total. The average molecular weight is 275 g/mol. The molecule has 3 rings (SSSR count). The van der Waals surface area contributed by atoms with Crippen molar-refractivity contribution in [2.75, 3.05) is 4.90 Å². The number of hydrogen-bond donors (Lipinski definition) is 0. The summed E-state index contributed by atoms with van der Waals surface area (Å²) in [5, 5.41) is 0. The number of nitrogens with zero attached hydrogens (tertiary/aromatic N) is 1. The van der Waals surface area contributed by atoms with Gasteiger partial charge in [-0.15, -0.1) is 0 Å². The van der Waals surface area contributed by atoms with E-state index in [2.05, 4.69) is 18.7 Å². The highest BCUT2D eigenvalue weighted by Crippen LogP contribution is 2.43. The Bertz CT molecular complexity index is 660. The highest BCUT2D eigenvalue weighted by atomic mass is 16.2. The topological polar surface area (TPSA) is 20.3 Å². The molecule has 0 radical (unpaired) electrons. The fourth-order valence-electron chi connectivity index (χ4n) is 2.78. The number of carbonyl (C=O) groups is 1. The number of rotatable bonds is 4.